The largest absolute Gasteiger partial charge is 0.496 e. The van der Waals surface area contributed by atoms with Crippen molar-refractivity contribution in [3.8, 4) is 17.1 Å². The molecule has 156 valence electrons. The smallest absolute Gasteiger partial charge is 0.280 e. The molecular weight excluding hydrogens is 466 g/mol. The van der Waals surface area contributed by atoms with Crippen LogP contribution in [0.25, 0.3) is 17.4 Å². The van der Waals surface area contributed by atoms with Crippen molar-refractivity contribution >= 4 is 45.0 Å². The molecule has 1 amide bonds. The predicted octanol–water partition coefficient (Wildman–Crippen LogP) is 5.43. The van der Waals surface area contributed by atoms with Gasteiger partial charge in [-0.25, -0.2) is 0 Å². The van der Waals surface area contributed by atoms with Crippen LogP contribution in [0.4, 0.5) is 11.4 Å². The van der Waals surface area contributed by atoms with Gasteiger partial charge in [0.1, 0.15) is 17.3 Å². The maximum Gasteiger partial charge on any atom is 0.280 e. The lowest BCUT2D eigenvalue weighted by molar-refractivity contribution is -0.384. The number of ether oxygens (including phenoxy) is 1. The van der Waals surface area contributed by atoms with Gasteiger partial charge in [-0.15, -0.1) is 0 Å². The van der Waals surface area contributed by atoms with E-state index in [2.05, 4.69) is 21.0 Å². The normalized spacial score (nSPS) is 14.8. The third-order valence-electron chi connectivity index (χ3n) is 4.71. The summed E-state index contributed by atoms with van der Waals surface area (Å²) in [5, 5.41) is 16.7. The van der Waals surface area contributed by atoms with Gasteiger partial charge in [0.05, 0.1) is 40.6 Å². The zero-order valence-electron chi connectivity index (χ0n) is 16.5. The Morgan fingerprint density at radius 2 is 1.90 bits per heavy atom. The maximum absolute atomic E-state index is 12.9. The molecule has 0 aliphatic carbocycles. The molecule has 2 aromatic carbocycles. The fraction of sp³-hybridized carbons (Fsp3) is 0.0909. The topological polar surface area (TPSA) is 98.2 Å². The van der Waals surface area contributed by atoms with E-state index >= 15 is 0 Å². The molecule has 0 bridgehead atoms. The van der Waals surface area contributed by atoms with Crippen LogP contribution < -0.4 is 9.75 Å². The number of rotatable bonds is 5. The van der Waals surface area contributed by atoms with Crippen LogP contribution in [0.5, 0.6) is 5.75 Å². The van der Waals surface area contributed by atoms with Gasteiger partial charge in [-0.3, -0.25) is 14.9 Å². The molecule has 31 heavy (non-hydrogen) atoms. The van der Waals surface area contributed by atoms with Gasteiger partial charge in [0.15, 0.2) is 0 Å². The summed E-state index contributed by atoms with van der Waals surface area (Å²) < 4.78 is 12.1. The molecule has 3 aromatic rings. The highest BCUT2D eigenvalue weighted by Crippen LogP contribution is 2.35. The summed E-state index contributed by atoms with van der Waals surface area (Å²) in [5.74, 6) is 0.971. The van der Waals surface area contributed by atoms with Crippen LogP contribution in [-0.2, 0) is 4.79 Å². The minimum atomic E-state index is -0.491. The Kier molecular flexibility index (Phi) is 5.43. The Bertz CT molecular complexity index is 1240. The van der Waals surface area contributed by atoms with Crippen molar-refractivity contribution in [1.82, 2.24) is 0 Å². The van der Waals surface area contributed by atoms with E-state index in [-0.39, 0.29) is 11.6 Å². The molecule has 9 heteroatoms. The zero-order valence-corrected chi connectivity index (χ0v) is 18.1. The van der Waals surface area contributed by atoms with Crippen LogP contribution in [-0.4, -0.2) is 23.7 Å². The molecule has 2 heterocycles. The summed E-state index contributed by atoms with van der Waals surface area (Å²) in [4.78, 5) is 23.4. The lowest BCUT2D eigenvalue weighted by Crippen LogP contribution is -2.21. The summed E-state index contributed by atoms with van der Waals surface area (Å²) in [5.41, 5.74) is 2.13. The van der Waals surface area contributed by atoms with Crippen LogP contribution >= 0.6 is 15.9 Å². The number of hydrogen-bond donors (Lipinski definition) is 0. The van der Waals surface area contributed by atoms with E-state index in [9.17, 15) is 14.9 Å². The van der Waals surface area contributed by atoms with Crippen molar-refractivity contribution in [3.63, 3.8) is 0 Å². The molecule has 0 saturated carbocycles. The number of amides is 1. The number of halogens is 1. The van der Waals surface area contributed by atoms with E-state index in [1.165, 1.54) is 24.3 Å². The highest BCUT2D eigenvalue weighted by atomic mass is 79.9. The highest BCUT2D eigenvalue weighted by Gasteiger charge is 2.29. The third kappa shape index (κ3) is 3.99. The fourth-order valence-electron chi connectivity index (χ4n) is 3.16. The van der Waals surface area contributed by atoms with Crippen molar-refractivity contribution in [2.24, 2.45) is 5.10 Å². The summed E-state index contributed by atoms with van der Waals surface area (Å²) >= 11 is 3.37. The molecule has 0 saturated heterocycles. The number of anilines is 1. The number of non-ortho nitro benzene ring substituents is 1. The molecule has 8 nitrogen and oxygen atoms in total. The first-order valence-corrected chi connectivity index (χ1v) is 9.96. The van der Waals surface area contributed by atoms with Crippen LogP contribution in [0.3, 0.4) is 0 Å². The van der Waals surface area contributed by atoms with E-state index in [1.54, 1.807) is 43.3 Å². The number of nitrogens with zero attached hydrogens (tertiary/aromatic N) is 3. The quantitative estimate of drug-likeness (QED) is 0.274. The Morgan fingerprint density at radius 3 is 2.58 bits per heavy atom. The molecule has 1 aromatic heterocycles. The van der Waals surface area contributed by atoms with Crippen molar-refractivity contribution in [2.45, 2.75) is 6.92 Å². The summed E-state index contributed by atoms with van der Waals surface area (Å²) in [6.45, 7) is 1.76. The second-order valence-corrected chi connectivity index (χ2v) is 7.60. The monoisotopic (exact) mass is 481 g/mol. The van der Waals surface area contributed by atoms with E-state index < -0.39 is 4.92 Å². The number of benzene rings is 2. The van der Waals surface area contributed by atoms with Crippen LogP contribution in [0, 0.1) is 10.1 Å². The van der Waals surface area contributed by atoms with Gasteiger partial charge in [0.2, 0.25) is 0 Å². The van der Waals surface area contributed by atoms with Crippen LogP contribution in [0.2, 0.25) is 0 Å². The SMILES string of the molecule is COc1cc([N+](=O)[O-])ccc1-c1ccc(/C=C2\C(=O)N(c3ccc(Br)cc3)N=C2C)o1. The number of carbonyl (C=O) groups is 1. The average Bonchev–Trinajstić information content (AvgIpc) is 3.34. The molecular formula is C22H16BrN3O5. The lowest BCUT2D eigenvalue weighted by atomic mass is 10.1. The van der Waals surface area contributed by atoms with E-state index in [0.29, 0.717) is 39.8 Å². The second kappa shape index (κ2) is 8.19. The van der Waals surface area contributed by atoms with E-state index in [1.807, 2.05) is 12.1 Å². The number of furan rings is 1. The number of methoxy groups -OCH3 is 1. The van der Waals surface area contributed by atoms with Gasteiger partial charge in [-0.1, -0.05) is 15.9 Å². The van der Waals surface area contributed by atoms with Crippen LogP contribution in [0.1, 0.15) is 12.7 Å². The first-order chi connectivity index (χ1) is 14.9. The van der Waals surface area contributed by atoms with Gasteiger partial charge < -0.3 is 9.15 Å². The number of hydrogen-bond acceptors (Lipinski definition) is 6. The Labute approximate surface area is 185 Å². The first kappa shape index (κ1) is 20.5. The van der Waals surface area contributed by atoms with Gasteiger partial charge in [-0.2, -0.15) is 10.1 Å². The maximum atomic E-state index is 12.9. The molecule has 0 spiro atoms. The third-order valence-corrected chi connectivity index (χ3v) is 5.24. The predicted molar refractivity (Wildman–Crippen MR) is 120 cm³/mol. The minimum absolute atomic E-state index is 0.0779. The fourth-order valence-corrected chi connectivity index (χ4v) is 3.42. The van der Waals surface area contributed by atoms with Crippen molar-refractivity contribution in [1.29, 1.82) is 0 Å². The Morgan fingerprint density at radius 1 is 1.16 bits per heavy atom. The number of hydrazone groups is 1. The standard InChI is InChI=1S/C22H16BrN3O5/c1-13-19(22(27)25(24-13)15-5-3-14(23)4-6-15)12-17-8-10-20(31-17)18-9-7-16(26(28)29)11-21(18)30-2/h3-12H,1-2H3/b19-12-. The molecule has 0 unspecified atom stereocenters. The van der Waals surface area contributed by atoms with Gasteiger partial charge in [0.25, 0.3) is 11.6 Å². The van der Waals surface area contributed by atoms with E-state index in [4.69, 9.17) is 9.15 Å². The highest BCUT2D eigenvalue weighted by molar-refractivity contribution is 9.10. The van der Waals surface area contributed by atoms with Crippen molar-refractivity contribution in [2.75, 3.05) is 12.1 Å². The van der Waals surface area contributed by atoms with E-state index in [0.717, 1.165) is 4.47 Å². The first-order valence-electron chi connectivity index (χ1n) is 9.17. The number of carbonyl (C=O) groups excluding carboxylic acids is 1. The molecule has 0 fully saturated rings. The second-order valence-electron chi connectivity index (χ2n) is 6.68. The average molecular weight is 482 g/mol. The van der Waals surface area contributed by atoms with Crippen LogP contribution in [0.15, 0.2) is 74.2 Å². The van der Waals surface area contributed by atoms with Gasteiger partial charge in [0, 0.05) is 10.5 Å². The van der Waals surface area contributed by atoms with Crippen molar-refractivity contribution < 1.29 is 18.9 Å². The Hall–Kier alpha value is -3.72. The Balaban J connectivity index is 1.63. The minimum Gasteiger partial charge on any atom is -0.496 e. The zero-order chi connectivity index (χ0) is 22.1. The number of nitro benzene ring substituents is 1. The molecule has 0 atom stereocenters. The molecule has 0 N–H and O–H groups in total. The summed E-state index contributed by atoms with van der Waals surface area (Å²) in [6.07, 6.45) is 1.63. The molecule has 1 aliphatic heterocycles. The van der Waals surface area contributed by atoms with Crippen molar-refractivity contribution in [3.05, 3.63) is 80.5 Å². The molecule has 4 rings (SSSR count). The van der Waals surface area contributed by atoms with Gasteiger partial charge in [-0.05, 0) is 55.5 Å². The number of nitro groups is 1. The summed E-state index contributed by atoms with van der Waals surface area (Å²) in [7, 11) is 1.43. The molecule has 0 radical (unpaired) electrons. The van der Waals surface area contributed by atoms with Gasteiger partial charge >= 0.3 is 0 Å². The molecule has 1 aliphatic rings. The lowest BCUT2D eigenvalue weighted by Gasteiger charge is -2.11. The summed E-state index contributed by atoms with van der Waals surface area (Å²) in [6, 6.07) is 15.0.